The molecule has 0 saturated heterocycles. The lowest BCUT2D eigenvalue weighted by Crippen LogP contribution is -2.17. The Morgan fingerprint density at radius 3 is 1.79 bits per heavy atom. The fraction of sp³-hybridized carbons (Fsp3) is 0.0588. The van der Waals surface area contributed by atoms with Crippen LogP contribution in [0.4, 0.5) is 17.1 Å². The Hall–Kier alpha value is -6.64. The fourth-order valence-corrected chi connectivity index (χ4v) is 8.60. The summed E-state index contributed by atoms with van der Waals surface area (Å²) < 4.78 is 2.41. The number of benzene rings is 8. The summed E-state index contributed by atoms with van der Waals surface area (Å²) in [5, 5.41) is 2.49. The molecule has 1 aliphatic carbocycles. The summed E-state index contributed by atoms with van der Waals surface area (Å²) in [6.45, 7) is 4.72. The summed E-state index contributed by atoms with van der Waals surface area (Å²) in [7, 11) is 0. The van der Waals surface area contributed by atoms with Gasteiger partial charge in [-0.25, -0.2) is 0 Å². The van der Waals surface area contributed by atoms with Crippen LogP contribution in [-0.4, -0.2) is 4.57 Å². The number of nitrogens with zero attached hydrogens (tertiary/aromatic N) is 2. The van der Waals surface area contributed by atoms with Gasteiger partial charge in [-0.3, -0.25) is 0 Å². The second kappa shape index (κ2) is 12.3. The van der Waals surface area contributed by atoms with Crippen LogP contribution in [-0.2, 0) is 5.41 Å². The first-order chi connectivity index (χ1) is 26.1. The van der Waals surface area contributed by atoms with Gasteiger partial charge in [0.2, 0.25) is 0 Å². The summed E-state index contributed by atoms with van der Waals surface area (Å²) in [4.78, 5) is 2.48. The minimum atomic E-state index is -0.128. The molecule has 10 rings (SSSR count). The Labute approximate surface area is 310 Å². The van der Waals surface area contributed by atoms with E-state index in [-0.39, 0.29) is 5.41 Å². The van der Waals surface area contributed by atoms with Crippen molar-refractivity contribution in [2.24, 2.45) is 0 Å². The molecule has 2 nitrogen and oxygen atoms in total. The summed E-state index contributed by atoms with van der Waals surface area (Å²) >= 11 is 0. The molecule has 0 N–H and O–H groups in total. The van der Waals surface area contributed by atoms with Gasteiger partial charge < -0.3 is 9.47 Å². The molecular weight excluding hydrogens is 641 g/mol. The van der Waals surface area contributed by atoms with E-state index in [1.54, 1.807) is 0 Å². The molecule has 0 aliphatic heterocycles. The molecule has 0 unspecified atom stereocenters. The highest BCUT2D eigenvalue weighted by molar-refractivity contribution is 6.10. The molecule has 9 aromatic rings. The molecule has 1 aromatic heterocycles. The normalized spacial score (nSPS) is 12.9. The van der Waals surface area contributed by atoms with Gasteiger partial charge in [-0.1, -0.05) is 153 Å². The van der Waals surface area contributed by atoms with Gasteiger partial charge in [0.15, 0.2) is 0 Å². The largest absolute Gasteiger partial charge is 0.310 e. The maximum Gasteiger partial charge on any atom is 0.0561 e. The van der Waals surface area contributed by atoms with Gasteiger partial charge in [0.25, 0.3) is 0 Å². The van der Waals surface area contributed by atoms with Crippen molar-refractivity contribution in [3.63, 3.8) is 0 Å². The minimum Gasteiger partial charge on any atom is -0.310 e. The zero-order chi connectivity index (χ0) is 35.5. The van der Waals surface area contributed by atoms with Crippen LogP contribution in [0.15, 0.2) is 194 Å². The second-order valence-electron chi connectivity index (χ2n) is 14.6. The smallest absolute Gasteiger partial charge is 0.0561 e. The maximum atomic E-state index is 2.48. The molecule has 1 heterocycles. The monoisotopic (exact) mass is 678 g/mol. The van der Waals surface area contributed by atoms with Crippen molar-refractivity contribution in [3.05, 3.63) is 205 Å². The number of aromatic nitrogens is 1. The van der Waals surface area contributed by atoms with Crippen LogP contribution in [0.2, 0.25) is 0 Å². The molecule has 0 fully saturated rings. The van der Waals surface area contributed by atoms with Crippen molar-refractivity contribution in [1.82, 2.24) is 4.57 Å². The predicted octanol–water partition coefficient (Wildman–Crippen LogP) is 13.9. The Morgan fingerprint density at radius 1 is 0.396 bits per heavy atom. The standard InChI is InChI=1S/C51H38N2/c1-51(2)46-24-14-12-22-41(46)42-29-27-39(33-47(42)51)52(49-31-26-37(35-16-6-3-7-17-35)32-45(49)36-18-8-4-9-19-36)40-28-30-44-43-23-13-15-25-48(43)53(50(44)34-40)38-20-10-5-11-21-38/h3-34H,1-2H3. The number of para-hydroxylation sites is 2. The van der Waals surface area contributed by atoms with E-state index in [0.29, 0.717) is 0 Å². The Morgan fingerprint density at radius 2 is 1.00 bits per heavy atom. The molecule has 0 bridgehead atoms. The van der Waals surface area contributed by atoms with Crippen LogP contribution >= 0.6 is 0 Å². The first kappa shape index (κ1) is 31.1. The highest BCUT2D eigenvalue weighted by atomic mass is 15.1. The third kappa shape index (κ3) is 5.02. The third-order valence-electron chi connectivity index (χ3n) is 11.2. The highest BCUT2D eigenvalue weighted by Gasteiger charge is 2.36. The molecule has 2 heteroatoms. The molecule has 1 aliphatic rings. The van der Waals surface area contributed by atoms with Crippen LogP contribution in [0.3, 0.4) is 0 Å². The summed E-state index contributed by atoms with van der Waals surface area (Å²) in [6, 6.07) is 70.9. The first-order valence-electron chi connectivity index (χ1n) is 18.4. The average molecular weight is 679 g/mol. The fourth-order valence-electron chi connectivity index (χ4n) is 8.60. The topological polar surface area (TPSA) is 8.17 Å². The molecule has 8 aromatic carbocycles. The van der Waals surface area contributed by atoms with E-state index in [9.17, 15) is 0 Å². The van der Waals surface area contributed by atoms with Crippen molar-refractivity contribution in [1.29, 1.82) is 0 Å². The third-order valence-corrected chi connectivity index (χ3v) is 11.2. The highest BCUT2D eigenvalue weighted by Crippen LogP contribution is 2.52. The van der Waals surface area contributed by atoms with Crippen molar-refractivity contribution >= 4 is 38.9 Å². The van der Waals surface area contributed by atoms with E-state index in [4.69, 9.17) is 0 Å². The minimum absolute atomic E-state index is 0.128. The van der Waals surface area contributed by atoms with Gasteiger partial charge in [-0.15, -0.1) is 0 Å². The molecule has 252 valence electrons. The maximum absolute atomic E-state index is 2.48. The van der Waals surface area contributed by atoms with Gasteiger partial charge in [0, 0.05) is 38.8 Å². The number of hydrogen-bond acceptors (Lipinski definition) is 1. The van der Waals surface area contributed by atoms with Crippen LogP contribution in [0.25, 0.3) is 60.9 Å². The Bertz CT molecular complexity index is 2790. The van der Waals surface area contributed by atoms with E-state index >= 15 is 0 Å². The average Bonchev–Trinajstić information content (AvgIpc) is 3.67. The number of fused-ring (bicyclic) bond motifs is 6. The van der Waals surface area contributed by atoms with Crippen LogP contribution < -0.4 is 4.90 Å². The molecule has 0 saturated carbocycles. The van der Waals surface area contributed by atoms with E-state index in [2.05, 4.69) is 217 Å². The summed E-state index contributed by atoms with van der Waals surface area (Å²) in [5.41, 5.74) is 16.9. The van der Waals surface area contributed by atoms with E-state index < -0.39 is 0 Å². The molecule has 0 spiro atoms. The number of anilines is 3. The Kier molecular flexibility index (Phi) is 7.19. The van der Waals surface area contributed by atoms with Crippen LogP contribution in [0, 0.1) is 0 Å². The quantitative estimate of drug-likeness (QED) is 0.170. The first-order valence-corrected chi connectivity index (χ1v) is 18.4. The van der Waals surface area contributed by atoms with Crippen LogP contribution in [0.5, 0.6) is 0 Å². The van der Waals surface area contributed by atoms with Crippen molar-refractivity contribution in [2.75, 3.05) is 4.90 Å². The summed E-state index contributed by atoms with van der Waals surface area (Å²) in [5.74, 6) is 0. The van der Waals surface area contributed by atoms with E-state index in [1.165, 1.54) is 66.3 Å². The second-order valence-corrected chi connectivity index (χ2v) is 14.6. The molecule has 0 atom stereocenters. The van der Waals surface area contributed by atoms with Crippen molar-refractivity contribution < 1.29 is 0 Å². The van der Waals surface area contributed by atoms with Gasteiger partial charge in [-0.05, 0) is 93.5 Å². The molecule has 0 amide bonds. The Balaban J connectivity index is 1.26. The van der Waals surface area contributed by atoms with Crippen LogP contribution in [0.1, 0.15) is 25.0 Å². The lowest BCUT2D eigenvalue weighted by molar-refractivity contribution is 0.660. The molecule has 0 radical (unpaired) electrons. The van der Waals surface area contributed by atoms with E-state index in [1.807, 2.05) is 0 Å². The molecular formula is C51H38N2. The number of rotatable bonds is 6. The predicted molar refractivity (Wildman–Crippen MR) is 224 cm³/mol. The van der Waals surface area contributed by atoms with Gasteiger partial charge in [-0.2, -0.15) is 0 Å². The van der Waals surface area contributed by atoms with Gasteiger partial charge in [0.1, 0.15) is 0 Å². The number of hydrogen-bond donors (Lipinski definition) is 0. The van der Waals surface area contributed by atoms with Crippen molar-refractivity contribution in [2.45, 2.75) is 19.3 Å². The lowest BCUT2D eigenvalue weighted by atomic mass is 9.82. The zero-order valence-corrected chi connectivity index (χ0v) is 29.9. The summed E-state index contributed by atoms with van der Waals surface area (Å²) in [6.07, 6.45) is 0. The zero-order valence-electron chi connectivity index (χ0n) is 29.9. The van der Waals surface area contributed by atoms with Gasteiger partial charge in [0.05, 0.1) is 16.7 Å². The molecule has 53 heavy (non-hydrogen) atoms. The van der Waals surface area contributed by atoms with E-state index in [0.717, 1.165) is 22.7 Å². The van der Waals surface area contributed by atoms with Gasteiger partial charge >= 0.3 is 0 Å². The SMILES string of the molecule is CC1(C)c2ccccc2-c2ccc(N(c3ccc4c5ccccc5n(-c5ccccc5)c4c3)c3ccc(-c4ccccc4)cc3-c3ccccc3)cc21. The lowest BCUT2D eigenvalue weighted by Gasteiger charge is -2.30. The van der Waals surface area contributed by atoms with Crippen molar-refractivity contribution in [3.8, 4) is 39.1 Å².